The topological polar surface area (TPSA) is 51.2 Å². The van der Waals surface area contributed by atoms with E-state index in [1.54, 1.807) is 31.4 Å². The Morgan fingerprint density at radius 2 is 1.71 bits per heavy atom. The molecule has 0 saturated carbocycles. The van der Waals surface area contributed by atoms with Gasteiger partial charge < -0.3 is 10.1 Å². The van der Waals surface area contributed by atoms with Crippen LogP contribution >= 0.6 is 11.3 Å². The Morgan fingerprint density at radius 1 is 1.00 bits per heavy atom. The van der Waals surface area contributed by atoms with Gasteiger partial charge in [0, 0.05) is 22.6 Å². The van der Waals surface area contributed by atoms with Crippen LogP contribution in [-0.2, 0) is 4.79 Å². The molecule has 0 spiro atoms. The molecule has 31 heavy (non-hydrogen) atoms. The number of thiazole rings is 1. The molecule has 1 amide bonds. The fourth-order valence-corrected chi connectivity index (χ4v) is 3.88. The molecule has 0 radical (unpaired) electrons. The van der Waals surface area contributed by atoms with Crippen LogP contribution in [0.4, 0.5) is 10.1 Å². The first-order valence-electron chi connectivity index (χ1n) is 9.57. The summed E-state index contributed by atoms with van der Waals surface area (Å²) in [5, 5.41) is 5.35. The highest BCUT2D eigenvalue weighted by Crippen LogP contribution is 2.33. The number of amides is 1. The van der Waals surface area contributed by atoms with Crippen molar-refractivity contribution in [2.75, 3.05) is 12.4 Å². The molecule has 0 saturated heterocycles. The maximum absolute atomic E-state index is 14.1. The largest absolute Gasteiger partial charge is 0.497 e. The lowest BCUT2D eigenvalue weighted by Crippen LogP contribution is -2.08. The number of para-hydroxylation sites is 1. The SMILES string of the molecule is COc1ccc(/C=C/C(=O)Nc2ccccc2-c2csc(-c3ccccc3F)n2)cc1. The van der Waals surface area contributed by atoms with Gasteiger partial charge in [0.2, 0.25) is 5.91 Å². The molecular weight excluding hydrogens is 411 g/mol. The zero-order chi connectivity index (χ0) is 21.6. The predicted octanol–water partition coefficient (Wildman–Crippen LogP) is 6.28. The van der Waals surface area contributed by atoms with Crippen LogP contribution in [-0.4, -0.2) is 18.0 Å². The Morgan fingerprint density at radius 3 is 2.45 bits per heavy atom. The molecule has 4 nitrogen and oxygen atoms in total. The average Bonchev–Trinajstić information content (AvgIpc) is 3.28. The van der Waals surface area contributed by atoms with Gasteiger partial charge in [0.1, 0.15) is 16.6 Å². The quantitative estimate of drug-likeness (QED) is 0.367. The lowest BCUT2D eigenvalue weighted by atomic mass is 10.1. The summed E-state index contributed by atoms with van der Waals surface area (Å²) in [4.78, 5) is 17.1. The summed E-state index contributed by atoms with van der Waals surface area (Å²) in [6.07, 6.45) is 3.21. The monoisotopic (exact) mass is 430 g/mol. The first-order valence-corrected chi connectivity index (χ1v) is 10.4. The van der Waals surface area contributed by atoms with Crippen molar-refractivity contribution in [3.63, 3.8) is 0 Å². The number of methoxy groups -OCH3 is 1. The van der Waals surface area contributed by atoms with Crippen molar-refractivity contribution in [2.45, 2.75) is 0 Å². The Labute approximate surface area is 183 Å². The van der Waals surface area contributed by atoms with Crippen LogP contribution in [0.3, 0.4) is 0 Å². The van der Waals surface area contributed by atoms with E-state index in [0.29, 0.717) is 22.0 Å². The van der Waals surface area contributed by atoms with E-state index >= 15 is 0 Å². The van der Waals surface area contributed by atoms with Crippen LogP contribution in [0.5, 0.6) is 5.75 Å². The molecule has 1 heterocycles. The Hall–Kier alpha value is -3.77. The third kappa shape index (κ3) is 4.87. The van der Waals surface area contributed by atoms with E-state index in [2.05, 4.69) is 10.3 Å². The van der Waals surface area contributed by atoms with Gasteiger partial charge in [0.15, 0.2) is 0 Å². The second-order valence-electron chi connectivity index (χ2n) is 6.66. The van der Waals surface area contributed by atoms with Gasteiger partial charge in [0.25, 0.3) is 0 Å². The Bertz CT molecular complexity index is 1230. The standard InChI is InChI=1S/C25H19FN2O2S/c1-30-18-13-10-17(11-14-18)12-15-24(29)27-22-9-5-3-7-20(22)23-16-31-25(28-23)19-6-2-4-8-21(19)26/h2-16H,1H3,(H,27,29)/b15-12+. The summed E-state index contributed by atoms with van der Waals surface area (Å²) < 4.78 is 19.2. The number of nitrogens with zero attached hydrogens (tertiary/aromatic N) is 1. The number of carbonyl (C=O) groups excluding carboxylic acids is 1. The number of anilines is 1. The van der Waals surface area contributed by atoms with E-state index in [0.717, 1.165) is 16.9 Å². The molecule has 0 aliphatic heterocycles. The summed E-state index contributed by atoms with van der Waals surface area (Å²) in [6, 6.07) is 21.4. The first-order chi connectivity index (χ1) is 15.1. The fraction of sp³-hybridized carbons (Fsp3) is 0.0400. The Balaban J connectivity index is 1.53. The summed E-state index contributed by atoms with van der Waals surface area (Å²) in [5.74, 6) is 0.190. The number of ether oxygens (including phenoxy) is 1. The third-order valence-corrected chi connectivity index (χ3v) is 5.49. The zero-order valence-electron chi connectivity index (χ0n) is 16.7. The number of nitrogens with one attached hydrogen (secondary N) is 1. The van der Waals surface area contributed by atoms with E-state index < -0.39 is 0 Å². The van der Waals surface area contributed by atoms with Gasteiger partial charge in [-0.25, -0.2) is 9.37 Å². The second-order valence-corrected chi connectivity index (χ2v) is 7.52. The van der Waals surface area contributed by atoms with Crippen molar-refractivity contribution in [3.05, 3.63) is 95.6 Å². The number of benzene rings is 3. The van der Waals surface area contributed by atoms with Gasteiger partial charge in [-0.05, 0) is 42.0 Å². The fourth-order valence-electron chi connectivity index (χ4n) is 3.03. The molecule has 0 unspecified atom stereocenters. The van der Waals surface area contributed by atoms with Crippen molar-refractivity contribution >= 4 is 29.0 Å². The average molecular weight is 431 g/mol. The van der Waals surface area contributed by atoms with Crippen LogP contribution in [0.15, 0.2) is 84.3 Å². The smallest absolute Gasteiger partial charge is 0.248 e. The molecule has 0 aliphatic carbocycles. The summed E-state index contributed by atoms with van der Waals surface area (Å²) in [7, 11) is 1.61. The molecule has 1 N–H and O–H groups in total. The molecular formula is C25H19FN2O2S. The van der Waals surface area contributed by atoms with Crippen molar-refractivity contribution in [3.8, 4) is 27.6 Å². The molecule has 0 fully saturated rings. The summed E-state index contributed by atoms with van der Waals surface area (Å²) >= 11 is 1.36. The van der Waals surface area contributed by atoms with E-state index in [4.69, 9.17) is 4.74 Å². The molecule has 1 aromatic heterocycles. The summed E-state index contributed by atoms with van der Waals surface area (Å²) in [5.41, 5.74) is 3.43. The number of rotatable bonds is 6. The van der Waals surface area contributed by atoms with E-state index in [9.17, 15) is 9.18 Å². The third-order valence-electron chi connectivity index (χ3n) is 4.61. The lowest BCUT2D eigenvalue weighted by molar-refractivity contribution is -0.111. The van der Waals surface area contributed by atoms with Gasteiger partial charge in [-0.15, -0.1) is 11.3 Å². The van der Waals surface area contributed by atoms with Crippen LogP contribution in [0.25, 0.3) is 27.9 Å². The minimum atomic E-state index is -0.311. The molecule has 4 aromatic rings. The number of hydrogen-bond acceptors (Lipinski definition) is 4. The molecule has 4 rings (SSSR count). The zero-order valence-corrected chi connectivity index (χ0v) is 17.5. The van der Waals surface area contributed by atoms with Crippen molar-refractivity contribution < 1.29 is 13.9 Å². The van der Waals surface area contributed by atoms with Crippen molar-refractivity contribution in [1.29, 1.82) is 0 Å². The van der Waals surface area contributed by atoms with E-state index in [1.807, 2.05) is 53.9 Å². The van der Waals surface area contributed by atoms with Gasteiger partial charge in [-0.3, -0.25) is 4.79 Å². The highest BCUT2D eigenvalue weighted by atomic mass is 32.1. The molecule has 6 heteroatoms. The maximum Gasteiger partial charge on any atom is 0.248 e. The summed E-state index contributed by atoms with van der Waals surface area (Å²) in [6.45, 7) is 0. The second kappa shape index (κ2) is 9.36. The minimum Gasteiger partial charge on any atom is -0.497 e. The first kappa shape index (κ1) is 20.5. The molecule has 0 aliphatic rings. The molecule has 0 bridgehead atoms. The molecule has 0 atom stereocenters. The van der Waals surface area contributed by atoms with Gasteiger partial charge in [0.05, 0.1) is 18.5 Å². The van der Waals surface area contributed by atoms with Crippen LogP contribution in [0.1, 0.15) is 5.56 Å². The van der Waals surface area contributed by atoms with E-state index in [1.165, 1.54) is 23.5 Å². The molecule has 3 aromatic carbocycles. The van der Waals surface area contributed by atoms with Crippen molar-refractivity contribution in [1.82, 2.24) is 4.98 Å². The highest BCUT2D eigenvalue weighted by molar-refractivity contribution is 7.13. The van der Waals surface area contributed by atoms with Crippen LogP contribution in [0, 0.1) is 5.82 Å². The predicted molar refractivity (Wildman–Crippen MR) is 124 cm³/mol. The van der Waals surface area contributed by atoms with Gasteiger partial charge in [-0.1, -0.05) is 42.5 Å². The highest BCUT2D eigenvalue weighted by Gasteiger charge is 2.13. The van der Waals surface area contributed by atoms with Gasteiger partial charge >= 0.3 is 0 Å². The van der Waals surface area contributed by atoms with E-state index in [-0.39, 0.29) is 11.7 Å². The Kier molecular flexibility index (Phi) is 6.19. The van der Waals surface area contributed by atoms with Crippen molar-refractivity contribution in [2.24, 2.45) is 0 Å². The normalized spacial score (nSPS) is 10.9. The lowest BCUT2D eigenvalue weighted by Gasteiger charge is -2.08. The van der Waals surface area contributed by atoms with Crippen LogP contribution in [0.2, 0.25) is 0 Å². The number of aromatic nitrogens is 1. The van der Waals surface area contributed by atoms with Crippen LogP contribution < -0.4 is 10.1 Å². The maximum atomic E-state index is 14.1. The number of carbonyl (C=O) groups is 1. The molecule has 154 valence electrons. The number of hydrogen-bond donors (Lipinski definition) is 1. The minimum absolute atomic E-state index is 0.257. The number of halogens is 1. The van der Waals surface area contributed by atoms with Gasteiger partial charge in [-0.2, -0.15) is 0 Å².